The number of hydrogen-bond acceptors (Lipinski definition) is 2. The summed E-state index contributed by atoms with van der Waals surface area (Å²) in [5, 5.41) is 3.67. The van der Waals surface area contributed by atoms with Crippen molar-refractivity contribution in [2.45, 2.75) is 31.7 Å². The van der Waals surface area contributed by atoms with Gasteiger partial charge in [0.15, 0.2) is 0 Å². The van der Waals surface area contributed by atoms with Gasteiger partial charge in [0.05, 0.1) is 10.6 Å². The van der Waals surface area contributed by atoms with Crippen molar-refractivity contribution in [3.8, 4) is 0 Å². The molecule has 2 aliphatic rings. The van der Waals surface area contributed by atoms with E-state index in [0.717, 1.165) is 32.5 Å². The molecule has 1 saturated heterocycles. The largest absolute Gasteiger partial charge is 0.381 e. The third kappa shape index (κ3) is 2.37. The average Bonchev–Trinajstić information content (AvgIpc) is 2.45. The lowest BCUT2D eigenvalue weighted by atomic mass is 9.60. The second-order valence-electron chi connectivity index (χ2n) is 5.52. The van der Waals surface area contributed by atoms with Gasteiger partial charge >= 0.3 is 0 Å². The van der Waals surface area contributed by atoms with Crippen LogP contribution in [0.25, 0.3) is 0 Å². The summed E-state index contributed by atoms with van der Waals surface area (Å²) in [6.07, 6.45) is 4.38. The summed E-state index contributed by atoms with van der Waals surface area (Å²) in [7, 11) is 0. The number of amides is 1. The van der Waals surface area contributed by atoms with Crippen molar-refractivity contribution in [1.82, 2.24) is 5.32 Å². The van der Waals surface area contributed by atoms with Crippen LogP contribution >= 0.6 is 11.6 Å². The molecule has 1 unspecified atom stereocenters. The molecular formula is C15H18ClNO2. The molecule has 1 aliphatic carbocycles. The van der Waals surface area contributed by atoms with Gasteiger partial charge in [-0.15, -0.1) is 0 Å². The smallest absolute Gasteiger partial charge is 0.253 e. The molecule has 1 atom stereocenters. The van der Waals surface area contributed by atoms with Crippen molar-refractivity contribution in [2.75, 3.05) is 13.2 Å². The zero-order chi connectivity index (χ0) is 13.3. The maximum atomic E-state index is 12.3. The highest BCUT2D eigenvalue weighted by Gasteiger charge is 2.48. The maximum Gasteiger partial charge on any atom is 0.253 e. The van der Waals surface area contributed by atoms with Gasteiger partial charge in [0.2, 0.25) is 0 Å². The van der Waals surface area contributed by atoms with Crippen LogP contribution in [0, 0.1) is 5.41 Å². The Hall–Kier alpha value is -1.06. The third-order valence-electron chi connectivity index (χ3n) is 4.58. The van der Waals surface area contributed by atoms with E-state index >= 15 is 0 Å². The zero-order valence-electron chi connectivity index (χ0n) is 10.8. The Labute approximate surface area is 118 Å². The van der Waals surface area contributed by atoms with Gasteiger partial charge in [-0.25, -0.2) is 0 Å². The number of benzene rings is 1. The number of carbonyl (C=O) groups excluding carboxylic acids is 1. The molecule has 3 rings (SSSR count). The predicted octanol–water partition coefficient (Wildman–Crippen LogP) is 3.03. The van der Waals surface area contributed by atoms with Crippen LogP contribution in [-0.2, 0) is 4.74 Å². The highest BCUT2D eigenvalue weighted by Crippen LogP contribution is 2.48. The van der Waals surface area contributed by atoms with Crippen LogP contribution in [0.3, 0.4) is 0 Å². The molecular weight excluding hydrogens is 262 g/mol. The second kappa shape index (κ2) is 5.14. The van der Waals surface area contributed by atoms with Gasteiger partial charge in [-0.2, -0.15) is 0 Å². The van der Waals surface area contributed by atoms with Gasteiger partial charge in [-0.1, -0.05) is 23.7 Å². The van der Waals surface area contributed by atoms with E-state index in [1.165, 1.54) is 6.42 Å². The minimum absolute atomic E-state index is 0.0545. The van der Waals surface area contributed by atoms with Crippen molar-refractivity contribution in [3.05, 3.63) is 34.9 Å². The van der Waals surface area contributed by atoms with E-state index in [1.54, 1.807) is 12.1 Å². The van der Waals surface area contributed by atoms with E-state index in [-0.39, 0.29) is 17.4 Å². The van der Waals surface area contributed by atoms with Crippen molar-refractivity contribution in [1.29, 1.82) is 0 Å². The van der Waals surface area contributed by atoms with Crippen molar-refractivity contribution >= 4 is 17.5 Å². The molecule has 1 aliphatic heterocycles. The minimum atomic E-state index is -0.0545. The molecule has 0 bridgehead atoms. The Morgan fingerprint density at radius 3 is 2.63 bits per heavy atom. The van der Waals surface area contributed by atoms with Crippen LogP contribution in [0.2, 0.25) is 5.02 Å². The van der Waals surface area contributed by atoms with E-state index in [2.05, 4.69) is 5.32 Å². The standard InChI is InChI=1S/C15H18ClNO2/c16-12-4-2-1-3-11(12)14(18)17-13-5-6-15(13)7-9-19-10-8-15/h1-4,13H,5-10H2,(H,17,18). The summed E-state index contributed by atoms with van der Waals surface area (Å²) in [4.78, 5) is 12.3. The fourth-order valence-corrected chi connectivity index (χ4v) is 3.40. The van der Waals surface area contributed by atoms with Gasteiger partial charge < -0.3 is 10.1 Å². The van der Waals surface area contributed by atoms with Crippen LogP contribution in [0.1, 0.15) is 36.0 Å². The van der Waals surface area contributed by atoms with Gasteiger partial charge in [-0.05, 0) is 43.2 Å². The molecule has 4 heteroatoms. The zero-order valence-corrected chi connectivity index (χ0v) is 11.6. The SMILES string of the molecule is O=C(NC1CCC12CCOCC2)c1ccccc1Cl. The van der Waals surface area contributed by atoms with E-state index in [9.17, 15) is 4.79 Å². The lowest BCUT2D eigenvalue weighted by Gasteiger charge is -2.52. The second-order valence-corrected chi connectivity index (χ2v) is 5.93. The highest BCUT2D eigenvalue weighted by molar-refractivity contribution is 6.33. The lowest BCUT2D eigenvalue weighted by Crippen LogP contribution is -2.57. The van der Waals surface area contributed by atoms with Gasteiger partial charge in [-0.3, -0.25) is 4.79 Å². The van der Waals surface area contributed by atoms with Crippen molar-refractivity contribution < 1.29 is 9.53 Å². The summed E-state index contributed by atoms with van der Waals surface area (Å²) < 4.78 is 5.42. The average molecular weight is 280 g/mol. The van der Waals surface area contributed by atoms with E-state index in [1.807, 2.05) is 12.1 Å². The normalized spacial score (nSPS) is 24.8. The number of ether oxygens (including phenoxy) is 1. The molecule has 1 saturated carbocycles. The Morgan fingerprint density at radius 2 is 2.00 bits per heavy atom. The van der Waals surface area contributed by atoms with Crippen LogP contribution in [0.4, 0.5) is 0 Å². The molecule has 1 aromatic rings. The van der Waals surface area contributed by atoms with Crippen LogP contribution < -0.4 is 5.32 Å². The molecule has 102 valence electrons. The van der Waals surface area contributed by atoms with Crippen LogP contribution in [-0.4, -0.2) is 25.2 Å². The summed E-state index contributed by atoms with van der Waals surface area (Å²) in [5.41, 5.74) is 0.841. The molecule has 1 aromatic carbocycles. The topological polar surface area (TPSA) is 38.3 Å². The van der Waals surface area contributed by atoms with Gasteiger partial charge in [0.25, 0.3) is 5.91 Å². The van der Waals surface area contributed by atoms with Gasteiger partial charge in [0, 0.05) is 19.3 Å². The fraction of sp³-hybridized carbons (Fsp3) is 0.533. The number of carbonyl (C=O) groups is 1. The third-order valence-corrected chi connectivity index (χ3v) is 4.91. The fourth-order valence-electron chi connectivity index (χ4n) is 3.18. The molecule has 1 N–H and O–H groups in total. The minimum Gasteiger partial charge on any atom is -0.381 e. The van der Waals surface area contributed by atoms with E-state index in [4.69, 9.17) is 16.3 Å². The van der Waals surface area contributed by atoms with E-state index in [0.29, 0.717) is 10.6 Å². The molecule has 1 spiro atoms. The molecule has 1 heterocycles. The van der Waals surface area contributed by atoms with Crippen LogP contribution in [0.5, 0.6) is 0 Å². The highest BCUT2D eigenvalue weighted by atomic mass is 35.5. The summed E-state index contributed by atoms with van der Waals surface area (Å²) in [5.74, 6) is -0.0545. The Bertz CT molecular complexity index is 483. The predicted molar refractivity (Wildman–Crippen MR) is 74.4 cm³/mol. The first-order valence-electron chi connectivity index (χ1n) is 6.84. The van der Waals surface area contributed by atoms with Crippen LogP contribution in [0.15, 0.2) is 24.3 Å². The molecule has 19 heavy (non-hydrogen) atoms. The molecule has 2 fully saturated rings. The lowest BCUT2D eigenvalue weighted by molar-refractivity contribution is -0.0523. The molecule has 0 radical (unpaired) electrons. The molecule has 0 aromatic heterocycles. The number of nitrogens with one attached hydrogen (secondary N) is 1. The molecule has 1 amide bonds. The first-order chi connectivity index (χ1) is 9.21. The quantitative estimate of drug-likeness (QED) is 0.904. The van der Waals surface area contributed by atoms with E-state index < -0.39 is 0 Å². The van der Waals surface area contributed by atoms with Crippen molar-refractivity contribution in [3.63, 3.8) is 0 Å². The summed E-state index contributed by atoms with van der Waals surface area (Å²) >= 11 is 6.06. The Morgan fingerprint density at radius 1 is 1.26 bits per heavy atom. The number of hydrogen-bond donors (Lipinski definition) is 1. The number of rotatable bonds is 2. The number of halogens is 1. The molecule has 3 nitrogen and oxygen atoms in total. The maximum absolute atomic E-state index is 12.3. The van der Waals surface area contributed by atoms with Gasteiger partial charge in [0.1, 0.15) is 0 Å². The summed E-state index contributed by atoms with van der Waals surface area (Å²) in [6, 6.07) is 7.48. The Kier molecular flexibility index (Phi) is 3.50. The first kappa shape index (κ1) is 12.9. The Balaban J connectivity index is 1.69. The monoisotopic (exact) mass is 279 g/mol. The first-order valence-corrected chi connectivity index (χ1v) is 7.22. The summed E-state index contributed by atoms with van der Waals surface area (Å²) in [6.45, 7) is 1.64. The van der Waals surface area contributed by atoms with Crippen molar-refractivity contribution in [2.24, 2.45) is 5.41 Å².